The maximum Gasteiger partial charge on any atom is 0.338 e. The quantitative estimate of drug-likeness (QED) is 0.544. The van der Waals surface area contributed by atoms with Crippen molar-refractivity contribution in [1.82, 2.24) is 0 Å². The minimum atomic E-state index is -3.37. The lowest BCUT2D eigenvalue weighted by molar-refractivity contribution is 0.0474. The average molecular weight is 403 g/mol. The van der Waals surface area contributed by atoms with Gasteiger partial charge in [-0.2, -0.15) is 0 Å². The number of ketones is 1. The van der Waals surface area contributed by atoms with Gasteiger partial charge >= 0.3 is 5.97 Å². The summed E-state index contributed by atoms with van der Waals surface area (Å²) in [5.74, 6) is -0.590. The number of sulfonamides is 1. The molecule has 7 nitrogen and oxygen atoms in total. The van der Waals surface area contributed by atoms with Crippen LogP contribution < -0.4 is 9.04 Å². The van der Waals surface area contributed by atoms with E-state index in [1.54, 1.807) is 36.4 Å². The highest BCUT2D eigenvalue weighted by Gasteiger charge is 2.25. The molecule has 8 heteroatoms. The van der Waals surface area contributed by atoms with Crippen molar-refractivity contribution in [3.8, 4) is 5.75 Å². The standard InChI is InChI=1S/C20H21NO6S/c1-26-19-8-4-3-7-16(19)18(22)13-27-20(23)15-9-10-17-14(12-15)6-5-11-21(17)28(2,24)25/h3-4,7-10,12H,5-6,11,13H2,1-2H3. The fourth-order valence-corrected chi connectivity index (χ4v) is 4.20. The van der Waals surface area contributed by atoms with Crippen molar-refractivity contribution in [2.24, 2.45) is 0 Å². The number of anilines is 1. The predicted molar refractivity (Wildman–Crippen MR) is 105 cm³/mol. The van der Waals surface area contributed by atoms with E-state index in [-0.39, 0.29) is 11.3 Å². The molecule has 0 fully saturated rings. The molecule has 0 saturated carbocycles. The first kappa shape index (κ1) is 19.9. The summed E-state index contributed by atoms with van der Waals surface area (Å²) in [5.41, 5.74) is 1.96. The summed E-state index contributed by atoms with van der Waals surface area (Å²) in [4.78, 5) is 24.7. The smallest absolute Gasteiger partial charge is 0.338 e. The Labute approximate surface area is 163 Å². The number of carbonyl (C=O) groups is 2. The van der Waals surface area contributed by atoms with Gasteiger partial charge in [-0.15, -0.1) is 0 Å². The van der Waals surface area contributed by atoms with Crippen molar-refractivity contribution in [3.63, 3.8) is 0 Å². The van der Waals surface area contributed by atoms with Gasteiger partial charge in [-0.05, 0) is 48.7 Å². The van der Waals surface area contributed by atoms with E-state index in [9.17, 15) is 18.0 Å². The number of aryl methyl sites for hydroxylation is 1. The van der Waals surface area contributed by atoms with E-state index in [4.69, 9.17) is 9.47 Å². The minimum absolute atomic E-state index is 0.280. The molecule has 0 N–H and O–H groups in total. The van der Waals surface area contributed by atoms with Crippen LogP contribution in [0.1, 0.15) is 32.7 Å². The maximum atomic E-state index is 12.4. The Morgan fingerprint density at radius 2 is 1.89 bits per heavy atom. The zero-order valence-corrected chi connectivity index (χ0v) is 16.5. The number of rotatable bonds is 6. The van der Waals surface area contributed by atoms with Crippen LogP contribution in [0, 0.1) is 0 Å². The van der Waals surface area contributed by atoms with Gasteiger partial charge in [0.15, 0.2) is 6.61 Å². The van der Waals surface area contributed by atoms with Crippen molar-refractivity contribution < 1.29 is 27.5 Å². The predicted octanol–water partition coefficient (Wildman–Crippen LogP) is 2.45. The van der Waals surface area contributed by atoms with Gasteiger partial charge in [0.1, 0.15) is 5.75 Å². The molecule has 1 aliphatic heterocycles. The Hall–Kier alpha value is -2.87. The molecule has 1 aliphatic rings. The summed E-state index contributed by atoms with van der Waals surface area (Å²) < 4.78 is 35.5. The maximum absolute atomic E-state index is 12.4. The number of benzene rings is 2. The normalized spacial score (nSPS) is 13.6. The van der Waals surface area contributed by atoms with Gasteiger partial charge in [-0.3, -0.25) is 9.10 Å². The van der Waals surface area contributed by atoms with Gasteiger partial charge in [0.05, 0.1) is 30.2 Å². The molecule has 0 unspecified atom stereocenters. The minimum Gasteiger partial charge on any atom is -0.496 e. The van der Waals surface area contributed by atoms with Crippen LogP contribution in [0.25, 0.3) is 0 Å². The fraction of sp³-hybridized carbons (Fsp3) is 0.300. The van der Waals surface area contributed by atoms with Gasteiger partial charge in [0, 0.05) is 6.54 Å². The Kier molecular flexibility index (Phi) is 5.69. The average Bonchev–Trinajstić information content (AvgIpc) is 2.70. The zero-order valence-electron chi connectivity index (χ0n) is 15.7. The summed E-state index contributed by atoms with van der Waals surface area (Å²) in [7, 11) is -1.91. The van der Waals surface area contributed by atoms with Gasteiger partial charge < -0.3 is 9.47 Å². The van der Waals surface area contributed by atoms with E-state index >= 15 is 0 Å². The number of hydrogen-bond donors (Lipinski definition) is 0. The lowest BCUT2D eigenvalue weighted by atomic mass is 10.0. The number of carbonyl (C=O) groups excluding carboxylic acids is 2. The van der Waals surface area contributed by atoms with Crippen molar-refractivity contribution in [1.29, 1.82) is 0 Å². The summed E-state index contributed by atoms with van der Waals surface area (Å²) in [6.07, 6.45) is 2.50. The molecule has 0 aromatic heterocycles. The van der Waals surface area contributed by atoms with Gasteiger partial charge in [0.2, 0.25) is 15.8 Å². The van der Waals surface area contributed by atoms with Crippen molar-refractivity contribution in [2.75, 3.05) is 30.8 Å². The summed E-state index contributed by atoms with van der Waals surface area (Å²) >= 11 is 0. The molecular weight excluding hydrogens is 382 g/mol. The van der Waals surface area contributed by atoms with Crippen molar-refractivity contribution >= 4 is 27.5 Å². The van der Waals surface area contributed by atoms with Crippen molar-refractivity contribution in [2.45, 2.75) is 12.8 Å². The number of methoxy groups -OCH3 is 1. The van der Waals surface area contributed by atoms with Crippen LogP contribution in [0.3, 0.4) is 0 Å². The van der Waals surface area contributed by atoms with Gasteiger partial charge in [0.25, 0.3) is 0 Å². The lowest BCUT2D eigenvalue weighted by Gasteiger charge is -2.29. The van der Waals surface area contributed by atoms with Crippen LogP contribution in [-0.4, -0.2) is 46.7 Å². The number of hydrogen-bond acceptors (Lipinski definition) is 6. The van der Waals surface area contributed by atoms with Gasteiger partial charge in [-0.1, -0.05) is 12.1 Å². The van der Waals surface area contributed by atoms with Gasteiger partial charge in [-0.25, -0.2) is 13.2 Å². The molecule has 0 atom stereocenters. The lowest BCUT2D eigenvalue weighted by Crippen LogP contribution is -2.34. The number of fused-ring (bicyclic) bond motifs is 1. The van der Waals surface area contributed by atoms with E-state index in [1.807, 2.05) is 0 Å². The number of nitrogens with zero attached hydrogens (tertiary/aromatic N) is 1. The Morgan fingerprint density at radius 1 is 1.14 bits per heavy atom. The number of esters is 1. The first-order valence-corrected chi connectivity index (χ1v) is 10.6. The van der Waals surface area contributed by atoms with Crippen LogP contribution in [0.15, 0.2) is 42.5 Å². The Morgan fingerprint density at radius 3 is 2.61 bits per heavy atom. The SMILES string of the molecule is COc1ccccc1C(=O)COC(=O)c1ccc2c(c1)CCCN2S(C)(=O)=O. The second-order valence-electron chi connectivity index (χ2n) is 6.48. The van der Waals surface area contributed by atoms with E-state index in [0.29, 0.717) is 36.4 Å². The molecule has 148 valence electrons. The molecule has 3 rings (SSSR count). The summed E-state index contributed by atoms with van der Waals surface area (Å²) in [6, 6.07) is 11.5. The molecule has 0 aliphatic carbocycles. The first-order chi connectivity index (χ1) is 13.3. The molecule has 0 radical (unpaired) electrons. The van der Waals surface area contributed by atoms with E-state index < -0.39 is 22.6 Å². The third kappa shape index (κ3) is 4.17. The number of ether oxygens (including phenoxy) is 2. The second-order valence-corrected chi connectivity index (χ2v) is 8.39. The molecule has 0 spiro atoms. The number of Topliss-reactive ketones (excluding diaryl/α,β-unsaturated/α-hetero) is 1. The fourth-order valence-electron chi connectivity index (χ4n) is 3.20. The van der Waals surface area contributed by atoms with E-state index in [0.717, 1.165) is 11.8 Å². The first-order valence-electron chi connectivity index (χ1n) is 8.75. The summed E-state index contributed by atoms with van der Waals surface area (Å²) in [5, 5.41) is 0. The molecule has 2 aromatic carbocycles. The van der Waals surface area contributed by atoms with Crippen molar-refractivity contribution in [3.05, 3.63) is 59.2 Å². The molecule has 0 bridgehead atoms. The summed E-state index contributed by atoms with van der Waals surface area (Å²) in [6.45, 7) is 0.00872. The molecule has 2 aromatic rings. The van der Waals surface area contributed by atoms with Crippen LogP contribution >= 0.6 is 0 Å². The monoisotopic (exact) mass is 403 g/mol. The molecule has 1 heterocycles. The third-order valence-corrected chi connectivity index (χ3v) is 5.71. The molecule has 0 saturated heterocycles. The molecule has 0 amide bonds. The van der Waals surface area contributed by atoms with E-state index in [1.165, 1.54) is 17.5 Å². The topological polar surface area (TPSA) is 90.0 Å². The zero-order chi connectivity index (χ0) is 20.3. The molecule has 28 heavy (non-hydrogen) atoms. The third-order valence-electron chi connectivity index (χ3n) is 4.53. The Bertz CT molecular complexity index is 1020. The molecular formula is C20H21NO6S. The highest BCUT2D eigenvalue weighted by molar-refractivity contribution is 7.92. The highest BCUT2D eigenvalue weighted by Crippen LogP contribution is 2.30. The Balaban J connectivity index is 1.73. The van der Waals surface area contributed by atoms with Crippen LogP contribution in [0.2, 0.25) is 0 Å². The second kappa shape index (κ2) is 8.02. The number of para-hydroxylation sites is 1. The van der Waals surface area contributed by atoms with E-state index in [2.05, 4.69) is 0 Å². The largest absolute Gasteiger partial charge is 0.496 e. The van der Waals surface area contributed by atoms with Crippen LogP contribution in [0.5, 0.6) is 5.75 Å². The highest BCUT2D eigenvalue weighted by atomic mass is 32.2. The van der Waals surface area contributed by atoms with Crippen LogP contribution in [-0.2, 0) is 21.2 Å². The van der Waals surface area contributed by atoms with Crippen LogP contribution in [0.4, 0.5) is 5.69 Å².